The maximum atomic E-state index is 9.54. The normalized spacial score (nSPS) is 23.9. The van der Waals surface area contributed by atoms with Gasteiger partial charge in [-0.15, -0.1) is 0 Å². The van der Waals surface area contributed by atoms with Crippen LogP contribution in [-0.2, 0) is 12.0 Å². The number of hydrogen-bond acceptors (Lipinski definition) is 3. The molecule has 0 saturated heterocycles. The second-order valence-corrected chi connectivity index (χ2v) is 5.66. The van der Waals surface area contributed by atoms with Crippen molar-refractivity contribution >= 4 is 5.69 Å². The summed E-state index contributed by atoms with van der Waals surface area (Å²) < 4.78 is 0. The van der Waals surface area contributed by atoms with E-state index < -0.39 is 0 Å². The lowest BCUT2D eigenvalue weighted by atomic mass is 9.62. The molecule has 0 atom stereocenters. The monoisotopic (exact) mass is 278 g/mol. The zero-order valence-corrected chi connectivity index (χ0v) is 11.8. The number of anilines is 1. The number of nitrogens with zero attached hydrogens (tertiary/aromatic N) is 1. The average Bonchev–Trinajstić information content (AvgIpc) is 2.52. The SMILES string of the molecule is N#CC1(c2ccccc2)CC(Nc2ccc(CO)cc2)C1. The van der Waals surface area contributed by atoms with Gasteiger partial charge in [-0.1, -0.05) is 42.5 Å². The van der Waals surface area contributed by atoms with E-state index in [9.17, 15) is 5.26 Å². The third kappa shape index (κ3) is 2.63. The molecule has 0 unspecified atom stereocenters. The third-order valence-electron chi connectivity index (χ3n) is 4.24. The maximum Gasteiger partial charge on any atom is 0.0861 e. The Hall–Kier alpha value is -2.31. The molecule has 0 radical (unpaired) electrons. The molecule has 1 saturated carbocycles. The van der Waals surface area contributed by atoms with Crippen LogP contribution >= 0.6 is 0 Å². The van der Waals surface area contributed by atoms with Gasteiger partial charge >= 0.3 is 0 Å². The van der Waals surface area contributed by atoms with Crippen LogP contribution in [0.25, 0.3) is 0 Å². The van der Waals surface area contributed by atoms with Crippen molar-refractivity contribution in [3.63, 3.8) is 0 Å². The smallest absolute Gasteiger partial charge is 0.0861 e. The molecule has 1 aliphatic rings. The van der Waals surface area contributed by atoms with E-state index >= 15 is 0 Å². The van der Waals surface area contributed by atoms with Gasteiger partial charge in [0.1, 0.15) is 0 Å². The van der Waals surface area contributed by atoms with Crippen LogP contribution in [-0.4, -0.2) is 11.1 Å². The molecule has 0 amide bonds. The predicted octanol–water partition coefficient (Wildman–Crippen LogP) is 3.21. The molecule has 1 fully saturated rings. The van der Waals surface area contributed by atoms with Gasteiger partial charge in [0.2, 0.25) is 0 Å². The second-order valence-electron chi connectivity index (χ2n) is 5.66. The fourth-order valence-corrected chi connectivity index (χ4v) is 2.97. The van der Waals surface area contributed by atoms with Crippen molar-refractivity contribution in [1.29, 1.82) is 5.26 Å². The Bertz CT molecular complexity index is 637. The molecule has 21 heavy (non-hydrogen) atoms. The van der Waals surface area contributed by atoms with Gasteiger partial charge in [-0.3, -0.25) is 0 Å². The first kappa shape index (κ1) is 13.7. The third-order valence-corrected chi connectivity index (χ3v) is 4.24. The lowest BCUT2D eigenvalue weighted by molar-refractivity contribution is 0.281. The molecule has 2 aromatic carbocycles. The van der Waals surface area contributed by atoms with E-state index in [1.165, 1.54) is 0 Å². The van der Waals surface area contributed by atoms with E-state index in [1.807, 2.05) is 54.6 Å². The van der Waals surface area contributed by atoms with Gasteiger partial charge in [-0.05, 0) is 36.1 Å². The molecular weight excluding hydrogens is 260 g/mol. The second kappa shape index (κ2) is 5.59. The zero-order valence-electron chi connectivity index (χ0n) is 11.8. The lowest BCUT2D eigenvalue weighted by Gasteiger charge is -2.43. The summed E-state index contributed by atoms with van der Waals surface area (Å²) in [7, 11) is 0. The number of aliphatic hydroxyl groups excluding tert-OH is 1. The molecule has 0 bridgehead atoms. The summed E-state index contributed by atoms with van der Waals surface area (Å²) in [6.45, 7) is 0.0647. The zero-order chi connectivity index (χ0) is 14.7. The summed E-state index contributed by atoms with van der Waals surface area (Å²) in [6, 6.07) is 20.6. The van der Waals surface area contributed by atoms with Crippen molar-refractivity contribution in [3.8, 4) is 6.07 Å². The van der Waals surface area contributed by atoms with Crippen molar-refractivity contribution < 1.29 is 5.11 Å². The fraction of sp³-hybridized carbons (Fsp3) is 0.278. The van der Waals surface area contributed by atoms with Crippen LogP contribution in [0.1, 0.15) is 24.0 Å². The van der Waals surface area contributed by atoms with Gasteiger partial charge < -0.3 is 10.4 Å². The summed E-state index contributed by atoms with van der Waals surface area (Å²) in [6.07, 6.45) is 1.66. The van der Waals surface area contributed by atoms with Crippen molar-refractivity contribution in [2.75, 3.05) is 5.32 Å². The Labute approximate surface area is 124 Å². The highest BCUT2D eigenvalue weighted by Gasteiger charge is 2.46. The van der Waals surface area contributed by atoms with Crippen LogP contribution in [0.3, 0.4) is 0 Å². The summed E-state index contributed by atoms with van der Waals surface area (Å²) in [5.41, 5.74) is 2.71. The molecule has 3 nitrogen and oxygen atoms in total. The fourth-order valence-electron chi connectivity index (χ4n) is 2.97. The van der Waals surface area contributed by atoms with Crippen LogP contribution in [0.5, 0.6) is 0 Å². The topological polar surface area (TPSA) is 56.0 Å². The number of nitrogens with one attached hydrogen (secondary N) is 1. The largest absolute Gasteiger partial charge is 0.392 e. The summed E-state index contributed by atoms with van der Waals surface area (Å²) >= 11 is 0. The number of benzene rings is 2. The van der Waals surface area contributed by atoms with Gasteiger partial charge in [-0.25, -0.2) is 0 Å². The van der Waals surface area contributed by atoms with E-state index in [1.54, 1.807) is 0 Å². The first-order chi connectivity index (χ1) is 10.3. The molecular formula is C18H18N2O. The highest BCUT2D eigenvalue weighted by atomic mass is 16.3. The number of aliphatic hydroxyl groups is 1. The predicted molar refractivity (Wildman–Crippen MR) is 82.7 cm³/mol. The molecule has 0 spiro atoms. The van der Waals surface area contributed by atoms with Gasteiger partial charge in [0.15, 0.2) is 0 Å². The Morgan fingerprint density at radius 2 is 1.76 bits per heavy atom. The van der Waals surface area contributed by atoms with Crippen LogP contribution in [0, 0.1) is 11.3 Å². The van der Waals surface area contributed by atoms with E-state index in [-0.39, 0.29) is 12.0 Å². The first-order valence-electron chi connectivity index (χ1n) is 7.19. The Morgan fingerprint density at radius 3 is 2.33 bits per heavy atom. The van der Waals surface area contributed by atoms with E-state index in [0.29, 0.717) is 6.04 Å². The van der Waals surface area contributed by atoms with E-state index in [2.05, 4.69) is 11.4 Å². The summed E-state index contributed by atoms with van der Waals surface area (Å²) in [4.78, 5) is 0. The van der Waals surface area contributed by atoms with Gasteiger partial charge in [0.05, 0.1) is 18.1 Å². The molecule has 1 aliphatic carbocycles. The average molecular weight is 278 g/mol. The minimum Gasteiger partial charge on any atom is -0.392 e. The van der Waals surface area contributed by atoms with Crippen molar-refractivity contribution in [1.82, 2.24) is 0 Å². The van der Waals surface area contributed by atoms with Gasteiger partial charge in [0.25, 0.3) is 0 Å². The van der Waals surface area contributed by atoms with Crippen molar-refractivity contribution in [2.24, 2.45) is 0 Å². The summed E-state index contributed by atoms with van der Waals surface area (Å²) in [5.74, 6) is 0. The van der Waals surface area contributed by atoms with E-state index in [0.717, 1.165) is 29.7 Å². The standard InChI is InChI=1S/C18H18N2O/c19-13-18(15-4-2-1-3-5-15)10-17(11-18)20-16-8-6-14(12-21)7-9-16/h1-9,17,20-21H,10-12H2. The molecule has 0 heterocycles. The quantitative estimate of drug-likeness (QED) is 0.903. The van der Waals surface area contributed by atoms with Crippen molar-refractivity contribution in [2.45, 2.75) is 30.9 Å². The molecule has 3 heteroatoms. The van der Waals surface area contributed by atoms with Crippen LogP contribution < -0.4 is 5.32 Å². The highest BCUT2D eigenvalue weighted by Crippen LogP contribution is 2.44. The van der Waals surface area contributed by atoms with Gasteiger partial charge in [0, 0.05) is 11.7 Å². The van der Waals surface area contributed by atoms with Crippen LogP contribution in [0.2, 0.25) is 0 Å². The number of rotatable bonds is 4. The van der Waals surface area contributed by atoms with E-state index in [4.69, 9.17) is 5.11 Å². The number of nitriles is 1. The van der Waals surface area contributed by atoms with Crippen LogP contribution in [0.4, 0.5) is 5.69 Å². The van der Waals surface area contributed by atoms with Gasteiger partial charge in [-0.2, -0.15) is 5.26 Å². The highest BCUT2D eigenvalue weighted by molar-refractivity contribution is 5.48. The Morgan fingerprint density at radius 1 is 1.10 bits per heavy atom. The molecule has 2 N–H and O–H groups in total. The Balaban J connectivity index is 1.65. The van der Waals surface area contributed by atoms with Crippen LogP contribution in [0.15, 0.2) is 54.6 Å². The molecule has 2 aromatic rings. The Kier molecular flexibility index (Phi) is 3.64. The lowest BCUT2D eigenvalue weighted by Crippen LogP contribution is -2.47. The minimum atomic E-state index is -0.343. The maximum absolute atomic E-state index is 9.54. The molecule has 0 aliphatic heterocycles. The summed E-state index contributed by atoms with van der Waals surface area (Å²) in [5, 5.41) is 22.0. The minimum absolute atomic E-state index is 0.0647. The molecule has 0 aromatic heterocycles. The molecule has 106 valence electrons. The first-order valence-corrected chi connectivity index (χ1v) is 7.19. The molecule has 3 rings (SSSR count). The van der Waals surface area contributed by atoms with Crippen molar-refractivity contribution in [3.05, 3.63) is 65.7 Å². The number of hydrogen-bond donors (Lipinski definition) is 2.